The quantitative estimate of drug-likeness (QED) is 0.319. The van der Waals surface area contributed by atoms with E-state index in [1.54, 1.807) is 7.05 Å². The zero-order valence-electron chi connectivity index (χ0n) is 15.5. The third kappa shape index (κ3) is 6.49. The van der Waals surface area contributed by atoms with E-state index in [9.17, 15) is 4.79 Å². The van der Waals surface area contributed by atoms with Crippen molar-refractivity contribution in [3.8, 4) is 0 Å². The molecule has 1 heterocycles. The summed E-state index contributed by atoms with van der Waals surface area (Å²) in [7, 11) is 1.80. The molecule has 1 aromatic rings. The Balaban J connectivity index is 0.00000312. The predicted molar refractivity (Wildman–Crippen MR) is 113 cm³/mol. The van der Waals surface area contributed by atoms with Gasteiger partial charge in [-0.25, -0.2) is 0 Å². The Hall–Kier alpha value is -1.31. The lowest BCUT2D eigenvalue weighted by atomic mass is 9.98. The number of benzene rings is 1. The number of hydrogen-bond acceptors (Lipinski definition) is 3. The van der Waals surface area contributed by atoms with Crippen molar-refractivity contribution in [2.45, 2.75) is 33.1 Å². The number of halogens is 1. The van der Waals surface area contributed by atoms with Crippen LogP contribution in [0.4, 0.5) is 0 Å². The highest BCUT2D eigenvalue weighted by molar-refractivity contribution is 14.0. The van der Waals surface area contributed by atoms with Gasteiger partial charge in [-0.3, -0.25) is 9.79 Å². The maximum Gasteiger partial charge on any atom is 0.310 e. The van der Waals surface area contributed by atoms with Gasteiger partial charge in [0.05, 0.1) is 12.5 Å². The molecule has 0 amide bonds. The number of esters is 1. The maximum atomic E-state index is 12.0. The second-order valence-corrected chi connectivity index (χ2v) is 6.19. The number of carbonyl (C=O) groups excluding carboxylic acids is 1. The molecule has 1 atom stereocenters. The minimum Gasteiger partial charge on any atom is -0.466 e. The molecule has 140 valence electrons. The molecule has 0 saturated carbocycles. The second kappa shape index (κ2) is 11.3. The number of likely N-dealkylation sites (tertiary alicyclic amines) is 1. The van der Waals surface area contributed by atoms with Crippen LogP contribution in [0.2, 0.25) is 0 Å². The fraction of sp³-hybridized carbons (Fsp3) is 0.579. The molecule has 1 fully saturated rings. The molecule has 0 aromatic heterocycles. The molecular weight excluding hydrogens is 429 g/mol. The van der Waals surface area contributed by atoms with Gasteiger partial charge in [0.15, 0.2) is 5.96 Å². The fourth-order valence-electron chi connectivity index (χ4n) is 3.15. The van der Waals surface area contributed by atoms with Crippen molar-refractivity contribution >= 4 is 35.9 Å². The normalized spacial score (nSPS) is 17.6. The van der Waals surface area contributed by atoms with Gasteiger partial charge in [0.2, 0.25) is 0 Å². The van der Waals surface area contributed by atoms with E-state index in [4.69, 9.17) is 4.74 Å². The monoisotopic (exact) mass is 459 g/mol. The Morgan fingerprint density at radius 3 is 2.84 bits per heavy atom. The largest absolute Gasteiger partial charge is 0.466 e. The summed E-state index contributed by atoms with van der Waals surface area (Å²) in [6.45, 7) is 6.88. The molecule has 6 heteroatoms. The molecule has 1 saturated heterocycles. The molecule has 0 bridgehead atoms. The standard InChI is InChI=1S/C19H29N3O2.HI/c1-4-24-18(23)17-10-7-13-22(14-17)19(20-3)21-12-11-16-9-6-5-8-15(16)2;/h5-6,8-9,17H,4,7,10-14H2,1-3H3,(H,20,21);1H/t17-;/m1./s1. The molecular formula is C19H30IN3O2. The molecule has 1 aliphatic heterocycles. The third-order valence-corrected chi connectivity index (χ3v) is 4.49. The number of carbonyl (C=O) groups is 1. The molecule has 0 radical (unpaired) electrons. The molecule has 5 nitrogen and oxygen atoms in total. The van der Waals surface area contributed by atoms with E-state index in [1.807, 2.05) is 6.92 Å². The summed E-state index contributed by atoms with van der Waals surface area (Å²) >= 11 is 0. The van der Waals surface area contributed by atoms with Crippen LogP contribution in [0.25, 0.3) is 0 Å². The molecule has 2 rings (SSSR count). The molecule has 1 aromatic carbocycles. The summed E-state index contributed by atoms with van der Waals surface area (Å²) in [6, 6.07) is 8.44. The van der Waals surface area contributed by atoms with E-state index in [0.717, 1.165) is 38.3 Å². The number of piperidine rings is 1. The number of rotatable bonds is 5. The predicted octanol–water partition coefficient (Wildman–Crippen LogP) is 3.01. The lowest BCUT2D eigenvalue weighted by Crippen LogP contribution is -2.48. The van der Waals surface area contributed by atoms with E-state index in [0.29, 0.717) is 13.2 Å². The summed E-state index contributed by atoms with van der Waals surface area (Å²) in [5.41, 5.74) is 2.66. The lowest BCUT2D eigenvalue weighted by molar-refractivity contribution is -0.149. The van der Waals surface area contributed by atoms with Crippen LogP contribution in [0.5, 0.6) is 0 Å². The number of guanidine groups is 1. The van der Waals surface area contributed by atoms with Crippen LogP contribution in [0.1, 0.15) is 30.9 Å². The Kier molecular flexibility index (Phi) is 9.85. The van der Waals surface area contributed by atoms with Crippen LogP contribution in [0.15, 0.2) is 29.3 Å². The van der Waals surface area contributed by atoms with Crippen molar-refractivity contribution in [1.82, 2.24) is 10.2 Å². The minimum absolute atomic E-state index is 0. The Morgan fingerprint density at radius 2 is 2.16 bits per heavy atom. The van der Waals surface area contributed by atoms with Gasteiger partial charge < -0.3 is 15.0 Å². The zero-order chi connectivity index (χ0) is 17.4. The van der Waals surface area contributed by atoms with Gasteiger partial charge in [-0.1, -0.05) is 24.3 Å². The third-order valence-electron chi connectivity index (χ3n) is 4.49. The number of ether oxygens (including phenoxy) is 1. The van der Waals surface area contributed by atoms with Crippen molar-refractivity contribution in [3.63, 3.8) is 0 Å². The first-order valence-corrected chi connectivity index (χ1v) is 8.82. The van der Waals surface area contributed by atoms with E-state index in [1.165, 1.54) is 11.1 Å². The van der Waals surface area contributed by atoms with E-state index in [2.05, 4.69) is 46.4 Å². The van der Waals surface area contributed by atoms with Gasteiger partial charge in [0.1, 0.15) is 0 Å². The van der Waals surface area contributed by atoms with Gasteiger partial charge in [-0.05, 0) is 44.2 Å². The molecule has 0 unspecified atom stereocenters. The molecule has 0 spiro atoms. The number of nitrogens with zero attached hydrogens (tertiary/aromatic N) is 2. The molecule has 1 N–H and O–H groups in total. The van der Waals surface area contributed by atoms with Crippen molar-refractivity contribution in [1.29, 1.82) is 0 Å². The van der Waals surface area contributed by atoms with Crippen molar-refractivity contribution in [2.75, 3.05) is 33.3 Å². The van der Waals surface area contributed by atoms with E-state index in [-0.39, 0.29) is 35.9 Å². The van der Waals surface area contributed by atoms with Gasteiger partial charge in [0.25, 0.3) is 0 Å². The summed E-state index contributed by atoms with van der Waals surface area (Å²) in [5, 5.41) is 3.43. The molecule has 1 aliphatic rings. The first-order chi connectivity index (χ1) is 11.7. The smallest absolute Gasteiger partial charge is 0.310 e. The average Bonchev–Trinajstić information content (AvgIpc) is 2.60. The fourth-order valence-corrected chi connectivity index (χ4v) is 3.15. The van der Waals surface area contributed by atoms with Crippen LogP contribution in [0, 0.1) is 12.8 Å². The van der Waals surface area contributed by atoms with E-state index < -0.39 is 0 Å². The van der Waals surface area contributed by atoms with Crippen molar-refractivity contribution < 1.29 is 9.53 Å². The Morgan fingerprint density at radius 1 is 1.40 bits per heavy atom. The second-order valence-electron chi connectivity index (χ2n) is 6.19. The minimum atomic E-state index is -0.0856. The topological polar surface area (TPSA) is 53.9 Å². The summed E-state index contributed by atoms with van der Waals surface area (Å²) in [4.78, 5) is 18.5. The van der Waals surface area contributed by atoms with E-state index >= 15 is 0 Å². The van der Waals surface area contributed by atoms with Gasteiger partial charge in [-0.2, -0.15) is 0 Å². The highest BCUT2D eigenvalue weighted by Gasteiger charge is 2.28. The molecule has 25 heavy (non-hydrogen) atoms. The first-order valence-electron chi connectivity index (χ1n) is 8.82. The average molecular weight is 459 g/mol. The highest BCUT2D eigenvalue weighted by Crippen LogP contribution is 2.18. The summed E-state index contributed by atoms with van der Waals surface area (Å²) < 4.78 is 5.17. The van der Waals surface area contributed by atoms with Gasteiger partial charge >= 0.3 is 5.97 Å². The number of aryl methyl sites for hydroxylation is 1. The maximum absolute atomic E-state index is 12.0. The van der Waals surface area contributed by atoms with Crippen LogP contribution in [0.3, 0.4) is 0 Å². The zero-order valence-corrected chi connectivity index (χ0v) is 17.8. The van der Waals surface area contributed by atoms with Crippen molar-refractivity contribution in [3.05, 3.63) is 35.4 Å². The summed E-state index contributed by atoms with van der Waals surface area (Å²) in [6.07, 6.45) is 2.85. The SMILES string of the molecule is CCOC(=O)[C@@H]1CCCN(C(=NC)NCCc2ccccc2C)C1.I. The van der Waals surface area contributed by atoms with Crippen LogP contribution in [-0.2, 0) is 16.0 Å². The van der Waals surface area contributed by atoms with Crippen LogP contribution in [-0.4, -0.2) is 50.1 Å². The van der Waals surface area contributed by atoms with Crippen molar-refractivity contribution in [2.24, 2.45) is 10.9 Å². The number of nitrogens with one attached hydrogen (secondary N) is 1. The Bertz CT molecular complexity index is 578. The highest BCUT2D eigenvalue weighted by atomic mass is 127. The first kappa shape index (κ1) is 21.7. The number of hydrogen-bond donors (Lipinski definition) is 1. The molecule has 0 aliphatic carbocycles. The summed E-state index contributed by atoms with van der Waals surface area (Å²) in [5.74, 6) is 0.740. The van der Waals surface area contributed by atoms with Crippen LogP contribution < -0.4 is 5.32 Å². The van der Waals surface area contributed by atoms with Crippen LogP contribution >= 0.6 is 24.0 Å². The number of aliphatic imine (C=N–C) groups is 1. The van der Waals surface area contributed by atoms with Gasteiger partial charge in [-0.15, -0.1) is 24.0 Å². The lowest BCUT2D eigenvalue weighted by Gasteiger charge is -2.34. The Labute approximate surface area is 168 Å². The van der Waals surface area contributed by atoms with Gasteiger partial charge in [0, 0.05) is 26.7 Å².